The molecule has 66 valence electrons. The number of nitrogens with zero attached hydrogens (tertiary/aromatic N) is 4. The molecule has 0 saturated heterocycles. The van der Waals surface area contributed by atoms with Crippen molar-refractivity contribution < 1.29 is 0 Å². The van der Waals surface area contributed by atoms with Crippen LogP contribution in [0.4, 0.5) is 5.95 Å². The molecule has 0 bridgehead atoms. The molecule has 0 aliphatic carbocycles. The summed E-state index contributed by atoms with van der Waals surface area (Å²) in [5, 5.41) is 12.0. The predicted octanol–water partition coefficient (Wildman–Crippen LogP) is -0.741. The molecule has 13 heavy (non-hydrogen) atoms. The lowest BCUT2D eigenvalue weighted by Crippen LogP contribution is -2.10. The molecule has 0 aromatic carbocycles. The first-order valence-corrected chi connectivity index (χ1v) is 3.16. The quantitative estimate of drug-likeness (QED) is 0.453. The zero-order valence-corrected chi connectivity index (χ0v) is 6.35. The van der Waals surface area contributed by atoms with Crippen molar-refractivity contribution in [2.24, 2.45) is 0 Å². The molecular formula is C5H5N7O. The fourth-order valence-electron chi connectivity index (χ4n) is 0.860. The van der Waals surface area contributed by atoms with Crippen molar-refractivity contribution in [3.63, 3.8) is 0 Å². The van der Waals surface area contributed by atoms with Crippen LogP contribution < -0.4 is 11.3 Å². The Labute approximate surface area is 71.2 Å². The van der Waals surface area contributed by atoms with Crippen molar-refractivity contribution in [1.82, 2.24) is 19.9 Å². The summed E-state index contributed by atoms with van der Waals surface area (Å²) in [5.74, 6) is 0.0783. The molecule has 0 atom stereocenters. The van der Waals surface area contributed by atoms with Gasteiger partial charge in [-0.05, 0) is 0 Å². The number of imidazole rings is 1. The molecule has 8 nitrogen and oxygen atoms in total. The van der Waals surface area contributed by atoms with Crippen molar-refractivity contribution in [3.8, 4) is 0 Å². The van der Waals surface area contributed by atoms with Gasteiger partial charge in [0.2, 0.25) is 5.95 Å². The zero-order chi connectivity index (χ0) is 9.84. The number of H-pyrrole nitrogens is 2. The molecule has 0 unspecified atom stereocenters. The van der Waals surface area contributed by atoms with E-state index in [-0.39, 0.29) is 11.5 Å². The van der Waals surface area contributed by atoms with E-state index in [2.05, 4.69) is 19.9 Å². The molecule has 0 spiro atoms. The molecule has 2 aromatic rings. The topological polar surface area (TPSA) is 148 Å². The third-order valence-corrected chi connectivity index (χ3v) is 1.31. The highest BCUT2D eigenvalue weighted by Gasteiger charge is 2.01. The van der Waals surface area contributed by atoms with Crippen LogP contribution in [-0.2, 0) is 0 Å². The van der Waals surface area contributed by atoms with E-state index in [0.717, 1.165) is 0 Å². The number of fused-ring (bicyclic) bond motifs is 1. The van der Waals surface area contributed by atoms with E-state index in [1.165, 1.54) is 6.33 Å². The summed E-state index contributed by atoms with van der Waals surface area (Å²) in [6.07, 6.45) is 1.40. The lowest BCUT2D eigenvalue weighted by atomic mass is 10.5. The number of aromatic nitrogens is 4. The van der Waals surface area contributed by atoms with Gasteiger partial charge in [0.15, 0.2) is 11.2 Å². The van der Waals surface area contributed by atoms with Crippen LogP contribution in [0.25, 0.3) is 11.2 Å². The second kappa shape index (κ2) is 3.31. The minimum absolute atomic E-state index is 0.0783. The smallest absolute Gasteiger partial charge is 0.278 e. The Morgan fingerprint density at radius 3 is 2.85 bits per heavy atom. The highest BCUT2D eigenvalue weighted by molar-refractivity contribution is 5.69. The molecule has 2 aromatic heterocycles. The first-order chi connectivity index (χ1) is 6.27. The van der Waals surface area contributed by atoms with Crippen LogP contribution in [0.15, 0.2) is 11.1 Å². The summed E-state index contributed by atoms with van der Waals surface area (Å²) in [6, 6.07) is 0. The standard InChI is InChI=1S/C5H5N5O.N2/c6-5-9-3-2(4(11)10-5)7-1-8-3;1-2/h1H,(H4,6,7,8,9,10,11);. The normalized spacial score (nSPS) is 9.08. The summed E-state index contributed by atoms with van der Waals surface area (Å²) < 4.78 is 0. The van der Waals surface area contributed by atoms with Gasteiger partial charge in [-0.25, -0.2) is 4.98 Å². The van der Waals surface area contributed by atoms with Gasteiger partial charge in [-0.1, -0.05) is 0 Å². The van der Waals surface area contributed by atoms with Gasteiger partial charge in [-0.3, -0.25) is 9.78 Å². The molecule has 0 aliphatic heterocycles. The number of aromatic amines is 2. The van der Waals surface area contributed by atoms with E-state index in [1.54, 1.807) is 0 Å². The van der Waals surface area contributed by atoms with Crippen molar-refractivity contribution in [2.75, 3.05) is 5.73 Å². The molecule has 0 radical (unpaired) electrons. The number of nitrogens with two attached hydrogens (primary N) is 1. The molecule has 2 heterocycles. The van der Waals surface area contributed by atoms with E-state index in [4.69, 9.17) is 16.5 Å². The molecule has 0 aliphatic rings. The Kier molecular flexibility index (Phi) is 2.21. The summed E-state index contributed by atoms with van der Waals surface area (Å²) in [7, 11) is 0. The van der Waals surface area contributed by atoms with Crippen LogP contribution in [0, 0.1) is 10.8 Å². The van der Waals surface area contributed by atoms with Crippen LogP contribution in [0.1, 0.15) is 0 Å². The lowest BCUT2D eigenvalue weighted by molar-refractivity contribution is 1.15. The van der Waals surface area contributed by atoms with Gasteiger partial charge in [0.05, 0.1) is 6.33 Å². The van der Waals surface area contributed by atoms with Crippen LogP contribution >= 0.6 is 0 Å². The molecule has 0 fully saturated rings. The van der Waals surface area contributed by atoms with Crippen LogP contribution in [0.3, 0.4) is 0 Å². The Morgan fingerprint density at radius 1 is 1.46 bits per heavy atom. The Bertz CT molecular complexity index is 480. The average molecular weight is 179 g/mol. The molecule has 0 amide bonds. The molecule has 8 heteroatoms. The zero-order valence-electron chi connectivity index (χ0n) is 6.35. The van der Waals surface area contributed by atoms with Crippen molar-refractivity contribution in [2.45, 2.75) is 0 Å². The monoisotopic (exact) mass is 179 g/mol. The third kappa shape index (κ3) is 1.43. The molecular weight excluding hydrogens is 174 g/mol. The number of nitrogens with one attached hydrogen (secondary N) is 2. The number of anilines is 1. The van der Waals surface area contributed by atoms with E-state index < -0.39 is 0 Å². The maximum absolute atomic E-state index is 11.0. The molecule has 4 N–H and O–H groups in total. The number of hydrogen-bond donors (Lipinski definition) is 3. The summed E-state index contributed by atoms with van der Waals surface area (Å²) in [6.45, 7) is 0. The van der Waals surface area contributed by atoms with Gasteiger partial charge in [0, 0.05) is 10.8 Å². The van der Waals surface area contributed by atoms with Crippen molar-refractivity contribution >= 4 is 17.1 Å². The van der Waals surface area contributed by atoms with Crippen LogP contribution in [0.5, 0.6) is 0 Å². The van der Waals surface area contributed by atoms with E-state index in [9.17, 15) is 4.79 Å². The van der Waals surface area contributed by atoms with Gasteiger partial charge in [0.25, 0.3) is 5.56 Å². The second-order valence-electron chi connectivity index (χ2n) is 2.05. The fourth-order valence-corrected chi connectivity index (χ4v) is 0.860. The first-order valence-electron chi connectivity index (χ1n) is 3.16. The number of nitrogen functional groups attached to an aromatic ring is 1. The SMILES string of the molecule is N#N.Nc1nc2nc[nH]c2c(=O)[nH]1. The van der Waals surface area contributed by atoms with Gasteiger partial charge in [-0.2, -0.15) is 4.98 Å². The lowest BCUT2D eigenvalue weighted by Gasteiger charge is -1.89. The Balaban J connectivity index is 0.000000396. The van der Waals surface area contributed by atoms with E-state index in [1.807, 2.05) is 0 Å². The first kappa shape index (κ1) is 8.66. The second-order valence-corrected chi connectivity index (χ2v) is 2.05. The van der Waals surface area contributed by atoms with Crippen molar-refractivity contribution in [1.29, 1.82) is 10.8 Å². The minimum Gasteiger partial charge on any atom is -0.369 e. The third-order valence-electron chi connectivity index (χ3n) is 1.31. The van der Waals surface area contributed by atoms with Crippen LogP contribution in [-0.4, -0.2) is 19.9 Å². The van der Waals surface area contributed by atoms with Crippen molar-refractivity contribution in [3.05, 3.63) is 16.7 Å². The molecule has 0 saturated carbocycles. The maximum atomic E-state index is 11.0. The van der Waals surface area contributed by atoms with Gasteiger partial charge >= 0.3 is 0 Å². The van der Waals surface area contributed by atoms with E-state index >= 15 is 0 Å². The van der Waals surface area contributed by atoms with Gasteiger partial charge in [-0.15, -0.1) is 0 Å². The minimum atomic E-state index is -0.301. The average Bonchev–Trinajstić information content (AvgIpc) is 2.55. The van der Waals surface area contributed by atoms with Gasteiger partial charge < -0.3 is 10.7 Å². The number of rotatable bonds is 0. The van der Waals surface area contributed by atoms with Crippen LogP contribution in [0.2, 0.25) is 0 Å². The molecule has 2 rings (SSSR count). The maximum Gasteiger partial charge on any atom is 0.278 e. The van der Waals surface area contributed by atoms with Gasteiger partial charge in [0.1, 0.15) is 0 Å². The Morgan fingerprint density at radius 2 is 2.15 bits per heavy atom. The van der Waals surface area contributed by atoms with E-state index in [0.29, 0.717) is 11.2 Å². The number of hydrogen-bond acceptors (Lipinski definition) is 6. The summed E-state index contributed by atoms with van der Waals surface area (Å²) >= 11 is 0. The highest BCUT2D eigenvalue weighted by Crippen LogP contribution is 1.98. The fraction of sp³-hybridized carbons (Fsp3) is 0. The summed E-state index contributed by atoms with van der Waals surface area (Å²) in [4.78, 5) is 23.5. The largest absolute Gasteiger partial charge is 0.369 e. The summed E-state index contributed by atoms with van der Waals surface area (Å²) in [5.41, 5.74) is 5.65. The Hall–Kier alpha value is -2.43. The predicted molar refractivity (Wildman–Crippen MR) is 42.4 cm³/mol. The highest BCUT2D eigenvalue weighted by atomic mass is 16.1.